The summed E-state index contributed by atoms with van der Waals surface area (Å²) in [7, 11) is -2.41. The fourth-order valence-corrected chi connectivity index (χ4v) is 7.19. The van der Waals surface area contributed by atoms with Gasteiger partial charge in [-0.05, 0) is 38.2 Å². The first kappa shape index (κ1) is 25.2. The van der Waals surface area contributed by atoms with Gasteiger partial charge < -0.3 is 29.1 Å². The number of halogens is 1. The van der Waals surface area contributed by atoms with Crippen LogP contribution in [0, 0.1) is 5.92 Å². The summed E-state index contributed by atoms with van der Waals surface area (Å²) in [5.74, 6) is -2.49. The monoisotopic (exact) mass is 525 g/mol. The maximum Gasteiger partial charge on any atom is 0.368 e. The molecular formula is C24H32FN3O7S. The lowest BCUT2D eigenvalue weighted by atomic mass is 9.49. The summed E-state index contributed by atoms with van der Waals surface area (Å²) in [5.41, 5.74) is 1.09. The summed E-state index contributed by atoms with van der Waals surface area (Å²) in [4.78, 5) is 15.3. The van der Waals surface area contributed by atoms with E-state index in [2.05, 4.69) is 4.90 Å². The number of carbonyl (C=O) groups is 1. The number of hydrogen-bond donors (Lipinski definition) is 1. The molecule has 1 aromatic carbocycles. The van der Waals surface area contributed by atoms with E-state index in [4.69, 9.17) is 19.3 Å². The molecule has 4 fully saturated rings. The van der Waals surface area contributed by atoms with Gasteiger partial charge in [0, 0.05) is 44.9 Å². The zero-order valence-corrected chi connectivity index (χ0v) is 21.3. The second-order valence-electron chi connectivity index (χ2n) is 9.92. The first-order chi connectivity index (χ1) is 17.2. The first-order valence-corrected chi connectivity index (χ1v) is 13.7. The maximum atomic E-state index is 13.8. The van der Waals surface area contributed by atoms with Crippen LogP contribution in [-0.2, 0) is 24.3 Å². The summed E-state index contributed by atoms with van der Waals surface area (Å²) in [6, 6.07) is 2.81. The number of aliphatic carboxylic acids is 1. The molecule has 5 aliphatic rings. The number of likely N-dealkylation sites (N-methyl/N-ethyl adjacent to an activating group) is 1. The van der Waals surface area contributed by atoms with Crippen molar-refractivity contribution in [3.63, 3.8) is 0 Å². The van der Waals surface area contributed by atoms with E-state index in [9.17, 15) is 17.6 Å². The molecule has 36 heavy (non-hydrogen) atoms. The van der Waals surface area contributed by atoms with Gasteiger partial charge in [-0.2, -0.15) is 8.70 Å². The Morgan fingerprint density at radius 3 is 2.53 bits per heavy atom. The Balaban J connectivity index is 1.65. The second kappa shape index (κ2) is 9.47. The van der Waals surface area contributed by atoms with Crippen LogP contribution in [0.2, 0.25) is 0 Å². The molecule has 0 radical (unpaired) electrons. The van der Waals surface area contributed by atoms with Gasteiger partial charge in [-0.25, -0.2) is 13.2 Å². The third kappa shape index (κ3) is 4.23. The quantitative estimate of drug-likeness (QED) is 0.404. The molecule has 1 saturated heterocycles. The van der Waals surface area contributed by atoms with Gasteiger partial charge in [-0.3, -0.25) is 0 Å². The molecule has 3 saturated carbocycles. The molecular weight excluding hydrogens is 493 g/mol. The van der Waals surface area contributed by atoms with Crippen LogP contribution in [0.1, 0.15) is 26.2 Å². The largest absolute Gasteiger partial charge is 0.476 e. The number of morpholine rings is 1. The predicted molar refractivity (Wildman–Crippen MR) is 130 cm³/mol. The lowest BCUT2D eigenvalue weighted by Crippen LogP contribution is -2.70. The molecule has 1 N–H and O–H groups in total. The van der Waals surface area contributed by atoms with Gasteiger partial charge in [0.2, 0.25) is 15.9 Å². The molecule has 0 spiro atoms. The molecule has 0 aromatic heterocycles. The number of fused-ring (bicyclic) bond motifs is 1. The summed E-state index contributed by atoms with van der Waals surface area (Å²) in [6.45, 7) is 5.13. The molecule has 198 valence electrons. The van der Waals surface area contributed by atoms with Crippen molar-refractivity contribution in [2.75, 3.05) is 62.9 Å². The number of benzene rings is 1. The Morgan fingerprint density at radius 1 is 1.25 bits per heavy atom. The van der Waals surface area contributed by atoms with Crippen molar-refractivity contribution in [1.29, 1.82) is 0 Å². The highest BCUT2D eigenvalue weighted by Gasteiger charge is 2.61. The van der Waals surface area contributed by atoms with Crippen molar-refractivity contribution in [3.05, 3.63) is 24.2 Å². The van der Waals surface area contributed by atoms with Gasteiger partial charge in [0.25, 0.3) is 0 Å². The molecule has 2 bridgehead atoms. The highest BCUT2D eigenvalue weighted by atomic mass is 32.2. The Morgan fingerprint density at radius 2 is 1.94 bits per heavy atom. The van der Waals surface area contributed by atoms with Crippen LogP contribution in [0.3, 0.4) is 0 Å². The van der Waals surface area contributed by atoms with Crippen LogP contribution in [0.4, 0.5) is 15.8 Å². The molecule has 12 heteroatoms. The SMILES string of the molecule is CCOC[C@@H]1CN(C23CC(C2)C3)c2cc(N3CCOCC3)c(O/C=C(\F)C(=O)O)cc2S(=O)(=O)N1C. The third-order valence-electron chi connectivity index (χ3n) is 7.83. The van der Waals surface area contributed by atoms with Gasteiger partial charge >= 0.3 is 5.97 Å². The van der Waals surface area contributed by atoms with E-state index in [0.29, 0.717) is 63.0 Å². The van der Waals surface area contributed by atoms with Gasteiger partial charge in [0.15, 0.2) is 5.75 Å². The number of sulfonamides is 1. The van der Waals surface area contributed by atoms with Crippen molar-refractivity contribution < 1.29 is 36.9 Å². The van der Waals surface area contributed by atoms with Gasteiger partial charge in [0.05, 0.1) is 37.2 Å². The van der Waals surface area contributed by atoms with Crippen molar-refractivity contribution >= 4 is 27.4 Å². The molecule has 2 heterocycles. The fraction of sp³-hybridized carbons (Fsp3) is 0.625. The zero-order valence-electron chi connectivity index (χ0n) is 20.5. The highest BCUT2D eigenvalue weighted by molar-refractivity contribution is 7.89. The Labute approximate surface area is 210 Å². The molecule has 1 aromatic rings. The van der Waals surface area contributed by atoms with Crippen LogP contribution in [-0.4, -0.2) is 88.5 Å². The van der Waals surface area contributed by atoms with Crippen molar-refractivity contribution in [3.8, 4) is 5.75 Å². The van der Waals surface area contributed by atoms with Gasteiger partial charge in [-0.15, -0.1) is 0 Å². The van der Waals surface area contributed by atoms with Crippen LogP contribution in [0.25, 0.3) is 0 Å². The van der Waals surface area contributed by atoms with Crippen LogP contribution < -0.4 is 14.5 Å². The van der Waals surface area contributed by atoms with E-state index in [1.807, 2.05) is 11.8 Å². The number of carboxylic acids is 1. The van der Waals surface area contributed by atoms with E-state index < -0.39 is 27.9 Å². The zero-order chi connectivity index (χ0) is 25.7. The average molecular weight is 526 g/mol. The van der Waals surface area contributed by atoms with Gasteiger partial charge in [-0.1, -0.05) is 0 Å². The van der Waals surface area contributed by atoms with Crippen molar-refractivity contribution in [2.24, 2.45) is 5.92 Å². The number of hydrogen-bond acceptors (Lipinski definition) is 8. The maximum absolute atomic E-state index is 13.8. The average Bonchev–Trinajstić information content (AvgIpc) is 2.88. The second-order valence-corrected chi connectivity index (χ2v) is 11.9. The Hall–Kier alpha value is -2.41. The third-order valence-corrected chi connectivity index (χ3v) is 9.77. The highest BCUT2D eigenvalue weighted by Crippen LogP contribution is 2.62. The van der Waals surface area contributed by atoms with Gasteiger partial charge in [0.1, 0.15) is 11.2 Å². The van der Waals surface area contributed by atoms with E-state index in [-0.39, 0.29) is 22.8 Å². The van der Waals surface area contributed by atoms with Crippen molar-refractivity contribution in [2.45, 2.75) is 42.7 Å². The van der Waals surface area contributed by atoms with Crippen molar-refractivity contribution in [1.82, 2.24) is 4.31 Å². The van der Waals surface area contributed by atoms with E-state index in [0.717, 1.165) is 19.3 Å². The van der Waals surface area contributed by atoms with Crippen LogP contribution >= 0.6 is 0 Å². The molecule has 10 nitrogen and oxygen atoms in total. The predicted octanol–water partition coefficient (Wildman–Crippen LogP) is 2.20. The molecule has 0 unspecified atom stereocenters. The van der Waals surface area contributed by atoms with Crippen LogP contribution in [0.15, 0.2) is 29.1 Å². The smallest absolute Gasteiger partial charge is 0.368 e. The fourth-order valence-electron chi connectivity index (χ4n) is 5.67. The van der Waals surface area contributed by atoms with E-state index >= 15 is 0 Å². The number of nitrogens with zero attached hydrogens (tertiary/aromatic N) is 3. The van der Waals surface area contributed by atoms with Crippen LogP contribution in [0.5, 0.6) is 5.75 Å². The minimum absolute atomic E-state index is 0.0601. The normalized spacial score (nSPS) is 29.6. The van der Waals surface area contributed by atoms with E-state index in [1.165, 1.54) is 10.4 Å². The summed E-state index contributed by atoms with van der Waals surface area (Å²) < 4.78 is 59.5. The van der Waals surface area contributed by atoms with E-state index in [1.54, 1.807) is 13.1 Å². The molecule has 0 amide bonds. The number of carboxylic acid groups (broad SMARTS) is 1. The Kier molecular flexibility index (Phi) is 6.64. The summed E-state index contributed by atoms with van der Waals surface area (Å²) >= 11 is 0. The molecule has 1 atom stereocenters. The Bertz CT molecular complexity index is 1150. The lowest BCUT2D eigenvalue weighted by Gasteiger charge is -2.67. The summed E-state index contributed by atoms with van der Waals surface area (Å²) in [5, 5.41) is 8.92. The number of rotatable bonds is 8. The summed E-state index contributed by atoms with van der Waals surface area (Å²) in [6.07, 6.45) is 3.57. The topological polar surface area (TPSA) is 109 Å². The minimum Gasteiger partial charge on any atom is -0.476 e. The standard InChI is InChI=1S/C24H32FN3O7S/c1-3-33-14-17-13-28(24-10-16(11-24)12-24)20-8-19(27-4-6-34-7-5-27)21(35-15-18(25)23(29)30)9-22(20)36(31,32)26(17)2/h8-9,15-17H,3-7,10-14H2,1-2H3,(H,29,30)/b18-15-/t16?,17-,24?/m0/s1. The lowest BCUT2D eigenvalue weighted by molar-refractivity contribution is -0.134. The minimum atomic E-state index is -3.96. The number of anilines is 2. The molecule has 6 rings (SSSR count). The first-order valence-electron chi connectivity index (χ1n) is 12.3. The molecule has 3 aliphatic carbocycles. The number of ether oxygens (including phenoxy) is 3. The molecule has 2 aliphatic heterocycles.